The van der Waals surface area contributed by atoms with E-state index < -0.39 is 5.41 Å². The zero-order valence-corrected chi connectivity index (χ0v) is 16.0. The van der Waals surface area contributed by atoms with Gasteiger partial charge in [-0.15, -0.1) is 11.3 Å². The molecule has 1 atom stereocenters. The van der Waals surface area contributed by atoms with Gasteiger partial charge in [-0.1, -0.05) is 36.4 Å². The second-order valence-electron chi connectivity index (χ2n) is 6.54. The number of hydrogen-bond donors (Lipinski definition) is 1. The van der Waals surface area contributed by atoms with Gasteiger partial charge < -0.3 is 10.1 Å². The molecule has 1 aromatic carbocycles. The maximum atomic E-state index is 13.6. The molecule has 3 aromatic rings. The predicted molar refractivity (Wildman–Crippen MR) is 107 cm³/mol. The van der Waals surface area contributed by atoms with Crippen LogP contribution < -0.4 is 5.32 Å². The normalized spacial score (nSPS) is 17.5. The van der Waals surface area contributed by atoms with Gasteiger partial charge in [-0.25, -0.2) is 0 Å². The molecule has 1 unspecified atom stereocenters. The van der Waals surface area contributed by atoms with Gasteiger partial charge in [0.15, 0.2) is 0 Å². The van der Waals surface area contributed by atoms with Gasteiger partial charge in [0.2, 0.25) is 5.91 Å². The van der Waals surface area contributed by atoms with Crippen LogP contribution in [0.1, 0.15) is 34.9 Å². The first-order valence-electron chi connectivity index (χ1n) is 8.79. The highest BCUT2D eigenvalue weighted by atomic mass is 32.1. The van der Waals surface area contributed by atoms with Crippen molar-refractivity contribution >= 4 is 28.6 Å². The van der Waals surface area contributed by atoms with Crippen LogP contribution in [0.15, 0.2) is 64.7 Å². The van der Waals surface area contributed by atoms with Gasteiger partial charge >= 0.3 is 0 Å². The first kappa shape index (κ1) is 17.5. The van der Waals surface area contributed by atoms with Crippen LogP contribution in [0.25, 0.3) is 0 Å². The van der Waals surface area contributed by atoms with Crippen molar-refractivity contribution in [1.82, 2.24) is 5.32 Å². The van der Waals surface area contributed by atoms with Crippen molar-refractivity contribution in [2.75, 3.05) is 13.2 Å². The topological polar surface area (TPSA) is 38.3 Å². The van der Waals surface area contributed by atoms with E-state index in [-0.39, 0.29) is 11.9 Å². The standard InChI is InChI=1S/C21H21NO2S2/c23-20(21(9-11-24-12-10-21)17-5-2-1-3-6-17)22-19(16-8-14-25-15-16)18-7-4-13-26-18/h1-8,13-15,19H,9-12H2,(H,22,23). The molecule has 0 saturated carbocycles. The predicted octanol–water partition coefficient (Wildman–Crippen LogP) is 4.76. The fourth-order valence-corrected chi connectivity index (χ4v) is 5.10. The monoisotopic (exact) mass is 383 g/mol. The summed E-state index contributed by atoms with van der Waals surface area (Å²) in [5.41, 5.74) is 1.70. The molecule has 1 aliphatic heterocycles. The van der Waals surface area contributed by atoms with Crippen LogP contribution >= 0.6 is 22.7 Å². The number of benzene rings is 1. The first-order valence-corrected chi connectivity index (χ1v) is 10.6. The number of carbonyl (C=O) groups excluding carboxylic acids is 1. The average Bonchev–Trinajstić information content (AvgIpc) is 3.41. The summed E-state index contributed by atoms with van der Waals surface area (Å²) in [6.45, 7) is 1.23. The molecule has 26 heavy (non-hydrogen) atoms. The van der Waals surface area contributed by atoms with Crippen molar-refractivity contribution in [3.63, 3.8) is 0 Å². The maximum Gasteiger partial charge on any atom is 0.231 e. The van der Waals surface area contributed by atoms with Crippen molar-refractivity contribution in [2.45, 2.75) is 24.3 Å². The van der Waals surface area contributed by atoms with Crippen molar-refractivity contribution in [2.24, 2.45) is 0 Å². The Kier molecular flexibility index (Phi) is 5.20. The van der Waals surface area contributed by atoms with Crippen LogP contribution in [0.2, 0.25) is 0 Å². The molecule has 1 fully saturated rings. The molecule has 5 heteroatoms. The van der Waals surface area contributed by atoms with Crippen LogP contribution in [0.4, 0.5) is 0 Å². The summed E-state index contributed by atoms with van der Waals surface area (Å²) in [7, 11) is 0. The molecule has 134 valence electrons. The number of amides is 1. The fraction of sp³-hybridized carbons (Fsp3) is 0.286. The maximum absolute atomic E-state index is 13.6. The highest BCUT2D eigenvalue weighted by molar-refractivity contribution is 7.10. The van der Waals surface area contributed by atoms with E-state index in [1.165, 1.54) is 0 Å². The molecule has 1 N–H and O–H groups in total. The molecule has 1 saturated heterocycles. The van der Waals surface area contributed by atoms with E-state index in [2.05, 4.69) is 45.7 Å². The van der Waals surface area contributed by atoms with Crippen molar-refractivity contribution < 1.29 is 9.53 Å². The minimum atomic E-state index is -0.523. The second-order valence-corrected chi connectivity index (χ2v) is 8.30. The zero-order valence-electron chi connectivity index (χ0n) is 14.4. The van der Waals surface area contributed by atoms with Gasteiger partial charge in [-0.3, -0.25) is 4.79 Å². The molecular formula is C21H21NO2S2. The SMILES string of the molecule is O=C(NC(c1ccsc1)c1cccs1)C1(c2ccccc2)CCOCC1. The third-order valence-corrected chi connectivity index (χ3v) is 6.73. The van der Waals surface area contributed by atoms with E-state index in [4.69, 9.17) is 4.74 Å². The number of ether oxygens (including phenoxy) is 1. The van der Waals surface area contributed by atoms with E-state index in [0.29, 0.717) is 26.1 Å². The Labute approximate surface area is 161 Å². The van der Waals surface area contributed by atoms with Crippen molar-refractivity contribution in [3.8, 4) is 0 Å². The van der Waals surface area contributed by atoms with Crippen molar-refractivity contribution in [1.29, 1.82) is 0 Å². The summed E-state index contributed by atoms with van der Waals surface area (Å²) < 4.78 is 5.57. The molecule has 0 bridgehead atoms. The molecule has 4 rings (SSSR count). The van der Waals surface area contributed by atoms with E-state index in [9.17, 15) is 4.79 Å². The van der Waals surface area contributed by atoms with E-state index >= 15 is 0 Å². The van der Waals surface area contributed by atoms with Gasteiger partial charge in [-0.2, -0.15) is 11.3 Å². The van der Waals surface area contributed by atoms with Gasteiger partial charge in [0, 0.05) is 18.1 Å². The molecule has 3 nitrogen and oxygen atoms in total. The van der Waals surface area contributed by atoms with Crippen LogP contribution in [-0.2, 0) is 14.9 Å². The number of nitrogens with one attached hydrogen (secondary N) is 1. The van der Waals surface area contributed by atoms with Gasteiger partial charge in [0.05, 0.1) is 11.5 Å². The Balaban J connectivity index is 1.67. The van der Waals surface area contributed by atoms with Gasteiger partial charge in [-0.05, 0) is 52.2 Å². The highest BCUT2D eigenvalue weighted by Crippen LogP contribution is 2.37. The summed E-state index contributed by atoms with van der Waals surface area (Å²) in [6.07, 6.45) is 1.42. The number of hydrogen-bond acceptors (Lipinski definition) is 4. The lowest BCUT2D eigenvalue weighted by atomic mass is 9.73. The fourth-order valence-electron chi connectivity index (χ4n) is 3.61. The summed E-state index contributed by atoms with van der Waals surface area (Å²) >= 11 is 3.33. The quantitative estimate of drug-likeness (QED) is 0.690. The number of carbonyl (C=O) groups is 1. The number of thiophene rings is 2. The summed E-state index contributed by atoms with van der Waals surface area (Å²) in [5.74, 6) is 0.0941. The van der Waals surface area contributed by atoms with Gasteiger partial charge in [0.25, 0.3) is 0 Å². The molecule has 0 aliphatic carbocycles. The molecule has 0 spiro atoms. The van der Waals surface area contributed by atoms with Crippen LogP contribution in [-0.4, -0.2) is 19.1 Å². The van der Waals surface area contributed by atoms with Crippen molar-refractivity contribution in [3.05, 3.63) is 80.7 Å². The Morgan fingerprint density at radius 3 is 2.50 bits per heavy atom. The molecule has 3 heterocycles. The average molecular weight is 384 g/mol. The molecular weight excluding hydrogens is 362 g/mol. The highest BCUT2D eigenvalue weighted by Gasteiger charge is 2.42. The summed E-state index contributed by atoms with van der Waals surface area (Å²) in [6, 6.07) is 16.3. The Bertz CT molecular complexity index is 788. The molecule has 1 amide bonds. The largest absolute Gasteiger partial charge is 0.381 e. The Morgan fingerprint density at radius 1 is 1.04 bits per heavy atom. The third-order valence-electron chi connectivity index (χ3n) is 5.09. The number of rotatable bonds is 5. The zero-order chi connectivity index (χ0) is 17.8. The van der Waals surface area contributed by atoms with Gasteiger partial charge in [0.1, 0.15) is 0 Å². The Morgan fingerprint density at radius 2 is 1.85 bits per heavy atom. The van der Waals surface area contributed by atoms with Crippen LogP contribution in [0, 0.1) is 0 Å². The summed E-state index contributed by atoms with van der Waals surface area (Å²) in [4.78, 5) is 14.7. The van der Waals surface area contributed by atoms with Crippen LogP contribution in [0.3, 0.4) is 0 Å². The van der Waals surface area contributed by atoms with Crippen LogP contribution in [0.5, 0.6) is 0 Å². The summed E-state index contributed by atoms with van der Waals surface area (Å²) in [5, 5.41) is 9.59. The minimum absolute atomic E-state index is 0.0941. The molecule has 2 aromatic heterocycles. The lowest BCUT2D eigenvalue weighted by Crippen LogP contribution is -2.49. The smallest absolute Gasteiger partial charge is 0.231 e. The second kappa shape index (κ2) is 7.74. The molecule has 0 radical (unpaired) electrons. The Hall–Kier alpha value is -1.95. The minimum Gasteiger partial charge on any atom is -0.381 e. The first-order chi connectivity index (χ1) is 12.8. The lowest BCUT2D eigenvalue weighted by molar-refractivity contribution is -0.131. The van der Waals surface area contributed by atoms with E-state index in [1.807, 2.05) is 24.3 Å². The molecule has 1 aliphatic rings. The third kappa shape index (κ3) is 3.34. The van der Waals surface area contributed by atoms with E-state index in [0.717, 1.165) is 16.0 Å². The van der Waals surface area contributed by atoms with E-state index in [1.54, 1.807) is 22.7 Å². The lowest BCUT2D eigenvalue weighted by Gasteiger charge is -2.37.